The molecular weight excluding hydrogens is 404 g/mol. The SMILES string of the molecule is CC(C)Oc1ccccc1C1(C(=O)N[C@H]2C(=O)N3[C@H]2SC(C)(C)[C@H]3C(=O)O)CCC1. The fraction of sp³-hybridized carbons (Fsp3) is 0.591. The molecule has 0 radical (unpaired) electrons. The van der Waals surface area contributed by atoms with Gasteiger partial charge in [-0.2, -0.15) is 0 Å². The Kier molecular flexibility index (Phi) is 5.03. The monoisotopic (exact) mass is 432 g/mol. The van der Waals surface area contributed by atoms with E-state index < -0.39 is 28.2 Å². The second-order valence-electron chi connectivity index (χ2n) is 9.15. The number of nitrogens with one attached hydrogen (secondary N) is 1. The predicted molar refractivity (Wildman–Crippen MR) is 113 cm³/mol. The minimum Gasteiger partial charge on any atom is -0.491 e. The van der Waals surface area contributed by atoms with E-state index >= 15 is 0 Å². The molecule has 0 bridgehead atoms. The molecule has 3 atom stereocenters. The minimum absolute atomic E-state index is 0.0156. The lowest BCUT2D eigenvalue weighted by atomic mass is 9.63. The average Bonchev–Trinajstić information content (AvgIpc) is 2.88. The van der Waals surface area contributed by atoms with Crippen LogP contribution in [0.4, 0.5) is 0 Å². The van der Waals surface area contributed by atoms with E-state index in [1.807, 2.05) is 52.0 Å². The van der Waals surface area contributed by atoms with Crippen LogP contribution >= 0.6 is 11.8 Å². The molecule has 30 heavy (non-hydrogen) atoms. The zero-order valence-corrected chi connectivity index (χ0v) is 18.5. The third-order valence-corrected chi connectivity index (χ3v) is 7.94. The van der Waals surface area contributed by atoms with Crippen molar-refractivity contribution >= 4 is 29.5 Å². The molecule has 3 aliphatic rings. The van der Waals surface area contributed by atoms with Crippen molar-refractivity contribution in [1.29, 1.82) is 0 Å². The van der Waals surface area contributed by atoms with Gasteiger partial charge in [0.05, 0.1) is 11.5 Å². The van der Waals surface area contributed by atoms with Crippen molar-refractivity contribution in [2.75, 3.05) is 0 Å². The highest BCUT2D eigenvalue weighted by molar-refractivity contribution is 8.01. The van der Waals surface area contributed by atoms with Crippen LogP contribution < -0.4 is 10.1 Å². The summed E-state index contributed by atoms with van der Waals surface area (Å²) in [5.41, 5.74) is 0.144. The third-order valence-electron chi connectivity index (χ3n) is 6.37. The van der Waals surface area contributed by atoms with Gasteiger partial charge in [0.2, 0.25) is 11.8 Å². The molecule has 3 fully saturated rings. The first-order valence-electron chi connectivity index (χ1n) is 10.4. The lowest BCUT2D eigenvalue weighted by Crippen LogP contribution is -2.72. The van der Waals surface area contributed by atoms with E-state index in [2.05, 4.69) is 5.32 Å². The largest absolute Gasteiger partial charge is 0.491 e. The molecule has 162 valence electrons. The van der Waals surface area contributed by atoms with Gasteiger partial charge in [0.25, 0.3) is 0 Å². The third kappa shape index (κ3) is 3.07. The van der Waals surface area contributed by atoms with E-state index in [0.29, 0.717) is 18.6 Å². The first-order valence-corrected chi connectivity index (χ1v) is 11.3. The summed E-state index contributed by atoms with van der Waals surface area (Å²) in [6, 6.07) is 6.03. The standard InChI is InChI=1S/C22H28N2O5S/c1-12(2)29-14-9-6-5-8-13(14)22(10-7-11-22)20(28)23-15-17(25)24-16(19(26)27)21(3,4)30-18(15)24/h5-6,8-9,12,15-16,18H,7,10-11H2,1-4H3,(H,23,28)(H,26,27)/t15-,16+,18-/m0/s1. The van der Waals surface area contributed by atoms with Gasteiger partial charge < -0.3 is 20.1 Å². The van der Waals surface area contributed by atoms with Crippen LogP contribution in [0.15, 0.2) is 24.3 Å². The number of carbonyl (C=O) groups is 3. The normalized spacial score (nSPS) is 28.4. The molecule has 2 saturated heterocycles. The Morgan fingerprint density at radius 1 is 1.27 bits per heavy atom. The highest BCUT2D eigenvalue weighted by Crippen LogP contribution is 2.52. The lowest BCUT2D eigenvalue weighted by Gasteiger charge is -2.47. The summed E-state index contributed by atoms with van der Waals surface area (Å²) in [4.78, 5) is 39.3. The van der Waals surface area contributed by atoms with Crippen LogP contribution in [-0.4, -0.2) is 56.1 Å². The Morgan fingerprint density at radius 2 is 1.93 bits per heavy atom. The summed E-state index contributed by atoms with van der Waals surface area (Å²) in [7, 11) is 0. The van der Waals surface area contributed by atoms with Gasteiger partial charge in [-0.3, -0.25) is 9.59 Å². The topological polar surface area (TPSA) is 95.9 Å². The number of para-hydroxylation sites is 1. The summed E-state index contributed by atoms with van der Waals surface area (Å²) in [5.74, 6) is -0.807. The van der Waals surface area contributed by atoms with E-state index in [-0.39, 0.29) is 23.3 Å². The number of aliphatic carboxylic acids is 1. The Morgan fingerprint density at radius 3 is 2.50 bits per heavy atom. The maximum absolute atomic E-state index is 13.4. The average molecular weight is 433 g/mol. The van der Waals surface area contributed by atoms with Crippen molar-refractivity contribution in [2.45, 2.75) is 80.7 Å². The Labute approximate surface area is 180 Å². The fourth-order valence-corrected chi connectivity index (χ4v) is 6.42. The minimum atomic E-state index is -1.01. The van der Waals surface area contributed by atoms with Crippen LogP contribution in [0.2, 0.25) is 0 Å². The number of hydrogen-bond donors (Lipinski definition) is 2. The van der Waals surface area contributed by atoms with Crippen molar-refractivity contribution in [2.24, 2.45) is 0 Å². The number of hydrogen-bond acceptors (Lipinski definition) is 5. The number of carbonyl (C=O) groups excluding carboxylic acids is 2. The van der Waals surface area contributed by atoms with Gasteiger partial charge in [0.1, 0.15) is 23.2 Å². The van der Waals surface area contributed by atoms with Crippen molar-refractivity contribution in [3.05, 3.63) is 29.8 Å². The summed E-state index contributed by atoms with van der Waals surface area (Å²) >= 11 is 1.44. The fourth-order valence-electron chi connectivity index (χ4n) is 4.79. The number of ether oxygens (including phenoxy) is 1. The zero-order chi connectivity index (χ0) is 21.8. The van der Waals surface area contributed by atoms with Crippen LogP contribution in [0.3, 0.4) is 0 Å². The predicted octanol–water partition coefficient (Wildman–Crippen LogP) is 2.53. The molecular formula is C22H28N2O5S. The van der Waals surface area contributed by atoms with Crippen LogP contribution in [0, 0.1) is 0 Å². The van der Waals surface area contributed by atoms with E-state index in [4.69, 9.17) is 4.74 Å². The zero-order valence-electron chi connectivity index (χ0n) is 17.7. The smallest absolute Gasteiger partial charge is 0.327 e. The van der Waals surface area contributed by atoms with E-state index in [1.54, 1.807) is 0 Å². The highest BCUT2D eigenvalue weighted by atomic mass is 32.2. The van der Waals surface area contributed by atoms with Crippen LogP contribution in [0.25, 0.3) is 0 Å². The molecule has 0 spiro atoms. The van der Waals surface area contributed by atoms with Crippen molar-refractivity contribution in [3.63, 3.8) is 0 Å². The van der Waals surface area contributed by atoms with E-state index in [9.17, 15) is 19.5 Å². The van der Waals surface area contributed by atoms with Gasteiger partial charge in [0, 0.05) is 10.3 Å². The second-order valence-corrected chi connectivity index (χ2v) is 10.9. The molecule has 2 aliphatic heterocycles. The van der Waals surface area contributed by atoms with Crippen LogP contribution in [0.5, 0.6) is 5.75 Å². The van der Waals surface area contributed by atoms with Crippen molar-refractivity contribution in [1.82, 2.24) is 10.2 Å². The number of rotatable bonds is 6. The Hall–Kier alpha value is -2.22. The van der Waals surface area contributed by atoms with Gasteiger partial charge in [-0.25, -0.2) is 4.79 Å². The number of benzene rings is 1. The summed E-state index contributed by atoms with van der Waals surface area (Å²) in [6.45, 7) is 7.55. The van der Waals surface area contributed by atoms with Gasteiger partial charge in [-0.05, 0) is 46.6 Å². The number of β-lactam (4-membered cyclic amide) rings is 1. The summed E-state index contributed by atoms with van der Waals surface area (Å²) < 4.78 is 5.34. The van der Waals surface area contributed by atoms with Gasteiger partial charge in [-0.15, -0.1) is 11.8 Å². The van der Waals surface area contributed by atoms with E-state index in [1.165, 1.54) is 16.7 Å². The van der Waals surface area contributed by atoms with Crippen LogP contribution in [0.1, 0.15) is 52.5 Å². The summed E-state index contributed by atoms with van der Waals surface area (Å²) in [6.07, 6.45) is 2.31. The highest BCUT2D eigenvalue weighted by Gasteiger charge is 2.65. The summed E-state index contributed by atoms with van der Waals surface area (Å²) in [5, 5.41) is 12.2. The number of nitrogens with zero attached hydrogens (tertiary/aromatic N) is 1. The van der Waals surface area contributed by atoms with Gasteiger partial charge in [0.15, 0.2) is 0 Å². The molecule has 2 N–H and O–H groups in total. The van der Waals surface area contributed by atoms with E-state index in [0.717, 1.165) is 12.0 Å². The first kappa shape index (κ1) is 21.0. The molecule has 4 rings (SSSR count). The number of fused-ring (bicyclic) bond motifs is 1. The maximum atomic E-state index is 13.4. The number of thioether (sulfide) groups is 1. The van der Waals surface area contributed by atoms with Gasteiger partial charge in [-0.1, -0.05) is 24.6 Å². The number of amides is 2. The molecule has 7 nitrogen and oxygen atoms in total. The molecule has 0 aromatic heterocycles. The lowest BCUT2D eigenvalue weighted by molar-refractivity contribution is -0.161. The molecule has 1 aliphatic carbocycles. The maximum Gasteiger partial charge on any atom is 0.327 e. The molecule has 2 amide bonds. The number of carboxylic acids is 1. The molecule has 1 aromatic carbocycles. The molecule has 2 heterocycles. The van der Waals surface area contributed by atoms with Gasteiger partial charge >= 0.3 is 5.97 Å². The van der Waals surface area contributed by atoms with Crippen molar-refractivity contribution < 1.29 is 24.2 Å². The van der Waals surface area contributed by atoms with Crippen molar-refractivity contribution in [3.8, 4) is 5.75 Å². The van der Waals surface area contributed by atoms with Crippen LogP contribution in [-0.2, 0) is 19.8 Å². The number of carboxylic acid groups (broad SMARTS) is 1. The molecule has 0 unspecified atom stereocenters. The first-order chi connectivity index (χ1) is 14.1. The second kappa shape index (κ2) is 7.18. The quantitative estimate of drug-likeness (QED) is 0.671. The Balaban J connectivity index is 1.56. The molecule has 8 heteroatoms. The Bertz CT molecular complexity index is 895. The molecule has 1 saturated carbocycles. The molecule has 1 aromatic rings.